The third kappa shape index (κ3) is 2.54. The lowest BCUT2D eigenvalue weighted by Crippen LogP contribution is -2.33. The van der Waals surface area contributed by atoms with Crippen molar-refractivity contribution in [3.63, 3.8) is 0 Å². The smallest absolute Gasteiger partial charge is 0.311 e. The molecule has 1 aliphatic heterocycles. The number of ether oxygens (including phenoxy) is 1. The Bertz CT molecular complexity index is 461. The van der Waals surface area contributed by atoms with Gasteiger partial charge in [0.25, 0.3) is 5.91 Å². The first-order valence-corrected chi connectivity index (χ1v) is 5.28. The molecule has 0 aliphatic carbocycles. The second-order valence-electron chi connectivity index (χ2n) is 3.90. The first-order chi connectivity index (χ1) is 8.58. The average Bonchev–Trinajstić information content (AvgIpc) is 2.78. The van der Waals surface area contributed by atoms with E-state index in [0.717, 1.165) is 0 Å². The van der Waals surface area contributed by atoms with Crippen LogP contribution in [0, 0.1) is 5.92 Å². The minimum Gasteiger partial charge on any atom is -0.481 e. The Balaban J connectivity index is 2.05. The molecule has 0 saturated carbocycles. The summed E-state index contributed by atoms with van der Waals surface area (Å²) in [6.45, 7) is 0.454. The lowest BCUT2D eigenvalue weighted by Gasteiger charge is -2.15. The minimum atomic E-state index is -0.924. The Labute approximate surface area is 102 Å². The van der Waals surface area contributed by atoms with E-state index in [1.807, 2.05) is 0 Å². The third-order valence-corrected chi connectivity index (χ3v) is 2.65. The quantitative estimate of drug-likeness (QED) is 0.632. The molecule has 1 amide bonds. The van der Waals surface area contributed by atoms with Crippen molar-refractivity contribution in [2.45, 2.75) is 6.04 Å². The SMILES string of the molecule is NC(=O)c1ccc(NC2COCC2C(=O)O)nn1. The van der Waals surface area contributed by atoms with E-state index in [-0.39, 0.29) is 24.9 Å². The van der Waals surface area contributed by atoms with Gasteiger partial charge in [0.05, 0.1) is 19.3 Å². The average molecular weight is 252 g/mol. The van der Waals surface area contributed by atoms with Crippen molar-refractivity contribution >= 4 is 17.7 Å². The van der Waals surface area contributed by atoms with Crippen LogP contribution in [0.3, 0.4) is 0 Å². The van der Waals surface area contributed by atoms with E-state index in [1.54, 1.807) is 0 Å². The van der Waals surface area contributed by atoms with Gasteiger partial charge in [0.15, 0.2) is 5.69 Å². The number of nitrogens with zero attached hydrogens (tertiary/aromatic N) is 2. The van der Waals surface area contributed by atoms with Gasteiger partial charge in [-0.3, -0.25) is 9.59 Å². The van der Waals surface area contributed by atoms with Crippen LogP contribution in [0.25, 0.3) is 0 Å². The van der Waals surface area contributed by atoms with Gasteiger partial charge in [-0.2, -0.15) is 0 Å². The van der Waals surface area contributed by atoms with E-state index in [9.17, 15) is 9.59 Å². The summed E-state index contributed by atoms with van der Waals surface area (Å²) in [5.41, 5.74) is 5.08. The number of aromatic nitrogens is 2. The van der Waals surface area contributed by atoms with Crippen LogP contribution < -0.4 is 11.1 Å². The molecule has 2 heterocycles. The Morgan fingerprint density at radius 3 is 2.72 bits per heavy atom. The van der Waals surface area contributed by atoms with Crippen molar-refractivity contribution in [1.82, 2.24) is 10.2 Å². The summed E-state index contributed by atoms with van der Waals surface area (Å²) in [5, 5.41) is 19.2. The Morgan fingerprint density at radius 2 is 2.17 bits per heavy atom. The molecule has 1 aromatic heterocycles. The van der Waals surface area contributed by atoms with Crippen molar-refractivity contribution < 1.29 is 19.4 Å². The van der Waals surface area contributed by atoms with E-state index in [4.69, 9.17) is 15.6 Å². The molecule has 2 atom stereocenters. The van der Waals surface area contributed by atoms with Crippen LogP contribution in [0.15, 0.2) is 12.1 Å². The largest absolute Gasteiger partial charge is 0.481 e. The van der Waals surface area contributed by atoms with E-state index in [2.05, 4.69) is 15.5 Å². The molecule has 1 fully saturated rings. The molecular formula is C10H12N4O4. The number of nitrogens with two attached hydrogens (primary N) is 1. The number of amides is 1. The van der Waals surface area contributed by atoms with E-state index >= 15 is 0 Å². The molecule has 8 heteroatoms. The molecule has 0 bridgehead atoms. The van der Waals surface area contributed by atoms with Gasteiger partial charge < -0.3 is 20.9 Å². The highest BCUT2D eigenvalue weighted by Gasteiger charge is 2.34. The van der Waals surface area contributed by atoms with E-state index < -0.39 is 17.8 Å². The number of carboxylic acid groups (broad SMARTS) is 1. The molecular weight excluding hydrogens is 240 g/mol. The molecule has 96 valence electrons. The number of carboxylic acids is 1. The Hall–Kier alpha value is -2.22. The maximum absolute atomic E-state index is 10.9. The van der Waals surface area contributed by atoms with Crippen LogP contribution in [0.1, 0.15) is 10.5 Å². The van der Waals surface area contributed by atoms with Crippen LogP contribution in [0.4, 0.5) is 5.82 Å². The summed E-state index contributed by atoms with van der Waals surface area (Å²) in [7, 11) is 0. The number of anilines is 1. The number of aliphatic carboxylic acids is 1. The van der Waals surface area contributed by atoms with Crippen LogP contribution in [0.2, 0.25) is 0 Å². The lowest BCUT2D eigenvalue weighted by atomic mass is 10.0. The highest BCUT2D eigenvalue weighted by Crippen LogP contribution is 2.17. The third-order valence-electron chi connectivity index (χ3n) is 2.65. The van der Waals surface area contributed by atoms with Gasteiger partial charge in [0.1, 0.15) is 11.7 Å². The van der Waals surface area contributed by atoms with Crippen molar-refractivity contribution in [3.05, 3.63) is 17.8 Å². The van der Waals surface area contributed by atoms with Gasteiger partial charge in [-0.05, 0) is 12.1 Å². The molecule has 0 aromatic carbocycles. The predicted molar refractivity (Wildman–Crippen MR) is 59.9 cm³/mol. The fraction of sp³-hybridized carbons (Fsp3) is 0.400. The summed E-state index contributed by atoms with van der Waals surface area (Å²) in [6.07, 6.45) is 0. The van der Waals surface area contributed by atoms with Gasteiger partial charge in [0, 0.05) is 0 Å². The van der Waals surface area contributed by atoms with E-state index in [1.165, 1.54) is 12.1 Å². The summed E-state index contributed by atoms with van der Waals surface area (Å²) < 4.78 is 5.10. The second-order valence-corrected chi connectivity index (χ2v) is 3.90. The molecule has 1 aromatic rings. The fourth-order valence-corrected chi connectivity index (χ4v) is 1.67. The molecule has 0 spiro atoms. The topological polar surface area (TPSA) is 127 Å². The summed E-state index contributed by atoms with van der Waals surface area (Å²) in [4.78, 5) is 21.7. The van der Waals surface area contributed by atoms with Gasteiger partial charge in [-0.25, -0.2) is 0 Å². The lowest BCUT2D eigenvalue weighted by molar-refractivity contribution is -0.141. The molecule has 0 radical (unpaired) electrons. The number of carbonyl (C=O) groups is 2. The van der Waals surface area contributed by atoms with E-state index in [0.29, 0.717) is 5.82 Å². The van der Waals surface area contributed by atoms with Crippen LogP contribution >= 0.6 is 0 Å². The van der Waals surface area contributed by atoms with Crippen molar-refractivity contribution in [2.24, 2.45) is 11.7 Å². The first-order valence-electron chi connectivity index (χ1n) is 5.28. The molecule has 1 aliphatic rings. The van der Waals surface area contributed by atoms with Crippen LogP contribution in [-0.4, -0.2) is 46.4 Å². The highest BCUT2D eigenvalue weighted by molar-refractivity contribution is 5.90. The van der Waals surface area contributed by atoms with Gasteiger partial charge in [0.2, 0.25) is 0 Å². The van der Waals surface area contributed by atoms with Crippen molar-refractivity contribution in [1.29, 1.82) is 0 Å². The number of nitrogens with one attached hydrogen (secondary N) is 1. The Kier molecular flexibility index (Phi) is 3.38. The summed E-state index contributed by atoms with van der Waals surface area (Å²) in [5.74, 6) is -1.84. The van der Waals surface area contributed by atoms with Gasteiger partial charge in [-0.1, -0.05) is 0 Å². The molecule has 4 N–H and O–H groups in total. The highest BCUT2D eigenvalue weighted by atomic mass is 16.5. The number of carbonyl (C=O) groups excluding carboxylic acids is 1. The van der Waals surface area contributed by atoms with Crippen LogP contribution in [0.5, 0.6) is 0 Å². The Morgan fingerprint density at radius 1 is 1.39 bits per heavy atom. The van der Waals surface area contributed by atoms with Crippen molar-refractivity contribution in [2.75, 3.05) is 18.5 Å². The number of hydrogen-bond acceptors (Lipinski definition) is 6. The molecule has 18 heavy (non-hydrogen) atoms. The minimum absolute atomic E-state index is 0.0537. The van der Waals surface area contributed by atoms with Crippen molar-refractivity contribution in [3.8, 4) is 0 Å². The maximum Gasteiger partial charge on any atom is 0.311 e. The number of primary amides is 1. The number of hydrogen-bond donors (Lipinski definition) is 3. The number of rotatable bonds is 4. The standard InChI is InChI=1S/C10H12N4O4/c11-9(15)6-1-2-8(14-13-6)12-7-4-18-3-5(7)10(16)17/h1-2,5,7H,3-4H2,(H2,11,15)(H,12,14)(H,16,17). The summed E-state index contributed by atoms with van der Waals surface area (Å²) in [6, 6.07) is 2.57. The zero-order chi connectivity index (χ0) is 13.1. The molecule has 2 unspecified atom stereocenters. The molecule has 2 rings (SSSR count). The molecule has 8 nitrogen and oxygen atoms in total. The van der Waals surface area contributed by atoms with Crippen LogP contribution in [-0.2, 0) is 9.53 Å². The fourth-order valence-electron chi connectivity index (χ4n) is 1.67. The summed E-state index contributed by atoms with van der Waals surface area (Å²) >= 11 is 0. The molecule has 1 saturated heterocycles. The predicted octanol–water partition coefficient (Wildman–Crippen LogP) is -0.913. The maximum atomic E-state index is 10.9. The second kappa shape index (κ2) is 4.96. The zero-order valence-corrected chi connectivity index (χ0v) is 9.37. The van der Waals surface area contributed by atoms with Gasteiger partial charge in [-0.15, -0.1) is 10.2 Å². The zero-order valence-electron chi connectivity index (χ0n) is 9.37. The monoisotopic (exact) mass is 252 g/mol. The first kappa shape index (κ1) is 12.2. The van der Waals surface area contributed by atoms with Gasteiger partial charge >= 0.3 is 5.97 Å². The normalized spacial score (nSPS) is 22.7.